The molecule has 0 aliphatic rings. The summed E-state index contributed by atoms with van der Waals surface area (Å²) in [7, 11) is 0. The highest BCUT2D eigenvalue weighted by atomic mass is 32.2. The van der Waals surface area contributed by atoms with Crippen LogP contribution in [0.2, 0.25) is 0 Å². The summed E-state index contributed by atoms with van der Waals surface area (Å²) in [5, 5.41) is 7.21. The van der Waals surface area contributed by atoms with Gasteiger partial charge in [0.25, 0.3) is 0 Å². The number of benzene rings is 1. The molecule has 1 heterocycles. The number of nitrogens with one attached hydrogen (secondary N) is 2. The molecule has 0 saturated heterocycles. The smallest absolute Gasteiger partial charge is 0.319 e. The van der Waals surface area contributed by atoms with Crippen LogP contribution in [0, 0.1) is 20.8 Å². The summed E-state index contributed by atoms with van der Waals surface area (Å²) in [6, 6.07) is 8.64. The predicted molar refractivity (Wildman–Crippen MR) is 137 cm³/mol. The number of amides is 2. The lowest BCUT2D eigenvalue weighted by Gasteiger charge is -2.24. The fourth-order valence-electron chi connectivity index (χ4n) is 3.92. The summed E-state index contributed by atoms with van der Waals surface area (Å²) < 4.78 is 0. The Bertz CT molecular complexity index is 860. The second-order valence-electron chi connectivity index (χ2n) is 8.28. The molecule has 0 aliphatic carbocycles. The Morgan fingerprint density at radius 2 is 1.87 bits per heavy atom. The van der Waals surface area contributed by atoms with Crippen molar-refractivity contribution >= 4 is 35.2 Å². The molecule has 4 nitrogen and oxygen atoms in total. The molecular weight excluding hydrogens is 422 g/mol. The van der Waals surface area contributed by atoms with Crippen molar-refractivity contribution in [1.82, 2.24) is 10.3 Å². The number of hydrogen-bond donors (Lipinski definition) is 2. The van der Waals surface area contributed by atoms with Crippen LogP contribution in [0.5, 0.6) is 0 Å². The van der Waals surface area contributed by atoms with E-state index in [1.165, 1.54) is 16.7 Å². The number of anilines is 1. The van der Waals surface area contributed by atoms with E-state index in [1.54, 1.807) is 23.5 Å². The van der Waals surface area contributed by atoms with Crippen molar-refractivity contribution in [1.29, 1.82) is 0 Å². The minimum absolute atomic E-state index is 0.128. The number of rotatable bonds is 10. The molecule has 2 amide bonds. The Balaban J connectivity index is 2.15. The number of nitrogens with zero attached hydrogens (tertiary/aromatic N) is 1. The van der Waals surface area contributed by atoms with Crippen molar-refractivity contribution in [3.63, 3.8) is 0 Å². The number of urea groups is 1. The lowest BCUT2D eigenvalue weighted by Crippen LogP contribution is -2.39. The second kappa shape index (κ2) is 12.4. The molecule has 2 rings (SSSR count). The van der Waals surface area contributed by atoms with Gasteiger partial charge in [0.1, 0.15) is 5.03 Å². The summed E-state index contributed by atoms with van der Waals surface area (Å²) in [5.74, 6) is 0.381. The molecule has 0 radical (unpaired) electrons. The average molecular weight is 460 g/mol. The molecule has 2 unspecified atom stereocenters. The van der Waals surface area contributed by atoms with Crippen molar-refractivity contribution in [3.8, 4) is 0 Å². The van der Waals surface area contributed by atoms with Crippen LogP contribution in [0.15, 0.2) is 34.2 Å². The number of carbonyl (C=O) groups is 1. The number of hydrogen-bond acceptors (Lipinski definition) is 4. The third kappa shape index (κ3) is 7.46. The molecule has 2 atom stereocenters. The Labute approximate surface area is 196 Å². The molecule has 0 fully saturated rings. The summed E-state index contributed by atoms with van der Waals surface area (Å²) in [5.41, 5.74) is 5.74. The zero-order valence-corrected chi connectivity index (χ0v) is 21.6. The normalized spacial score (nSPS) is 13.0. The quantitative estimate of drug-likeness (QED) is 0.365. The van der Waals surface area contributed by atoms with Gasteiger partial charge in [-0.05, 0) is 69.2 Å². The Kier molecular flexibility index (Phi) is 10.2. The van der Waals surface area contributed by atoms with E-state index in [2.05, 4.69) is 61.5 Å². The Morgan fingerprint density at radius 1 is 1.13 bits per heavy atom. The van der Waals surface area contributed by atoms with Gasteiger partial charge in [-0.25, -0.2) is 9.78 Å². The maximum absolute atomic E-state index is 13.0. The molecule has 2 aromatic rings. The lowest BCUT2D eigenvalue weighted by molar-refractivity contribution is 0.246. The van der Waals surface area contributed by atoms with Crippen LogP contribution in [0.3, 0.4) is 0 Å². The number of thioether (sulfide) groups is 2. The van der Waals surface area contributed by atoms with E-state index in [1.807, 2.05) is 25.5 Å². The molecule has 31 heavy (non-hydrogen) atoms. The van der Waals surface area contributed by atoms with Crippen LogP contribution in [0.25, 0.3) is 0 Å². The van der Waals surface area contributed by atoms with Crippen LogP contribution in [0.1, 0.15) is 67.8 Å². The molecular formula is C25H37N3OS2. The molecule has 170 valence electrons. The largest absolute Gasteiger partial charge is 0.335 e. The first kappa shape index (κ1) is 25.6. The van der Waals surface area contributed by atoms with Crippen LogP contribution in [-0.4, -0.2) is 29.6 Å². The van der Waals surface area contributed by atoms with Crippen LogP contribution in [0.4, 0.5) is 10.5 Å². The third-order valence-corrected chi connectivity index (χ3v) is 7.02. The van der Waals surface area contributed by atoms with Gasteiger partial charge in [0.15, 0.2) is 0 Å². The van der Waals surface area contributed by atoms with E-state index in [-0.39, 0.29) is 12.1 Å². The Morgan fingerprint density at radius 3 is 2.52 bits per heavy atom. The first-order valence-electron chi connectivity index (χ1n) is 11.0. The highest BCUT2D eigenvalue weighted by Crippen LogP contribution is 2.33. The number of unbranched alkanes of at least 4 members (excludes halogenated alkanes) is 1. The van der Waals surface area contributed by atoms with Gasteiger partial charge < -0.3 is 10.6 Å². The number of pyridine rings is 1. The number of aromatic nitrogens is 1. The fraction of sp³-hybridized carbons (Fsp3) is 0.520. The molecule has 0 aliphatic heterocycles. The summed E-state index contributed by atoms with van der Waals surface area (Å²) in [4.78, 5) is 18.6. The summed E-state index contributed by atoms with van der Waals surface area (Å²) >= 11 is 3.19. The van der Waals surface area contributed by atoms with E-state index in [9.17, 15) is 4.79 Å². The summed E-state index contributed by atoms with van der Waals surface area (Å²) in [6.45, 7) is 10.8. The van der Waals surface area contributed by atoms with Gasteiger partial charge in [0, 0.05) is 16.6 Å². The maximum atomic E-state index is 13.0. The molecule has 1 aromatic heterocycles. The highest BCUT2D eigenvalue weighted by Gasteiger charge is 2.20. The molecule has 0 saturated carbocycles. The van der Waals surface area contributed by atoms with Crippen LogP contribution < -0.4 is 10.6 Å². The monoisotopic (exact) mass is 459 g/mol. The van der Waals surface area contributed by atoms with Crippen molar-refractivity contribution in [2.75, 3.05) is 17.8 Å². The van der Waals surface area contributed by atoms with Gasteiger partial charge in [-0.2, -0.15) is 0 Å². The third-order valence-electron chi connectivity index (χ3n) is 5.58. The topological polar surface area (TPSA) is 54.0 Å². The van der Waals surface area contributed by atoms with Gasteiger partial charge in [0.2, 0.25) is 0 Å². The summed E-state index contributed by atoms with van der Waals surface area (Å²) in [6.07, 6.45) is 8.14. The fourth-order valence-corrected chi connectivity index (χ4v) is 5.22. The second-order valence-corrected chi connectivity index (χ2v) is 9.93. The highest BCUT2D eigenvalue weighted by molar-refractivity contribution is 7.99. The van der Waals surface area contributed by atoms with Gasteiger partial charge in [-0.3, -0.25) is 0 Å². The van der Waals surface area contributed by atoms with E-state index < -0.39 is 0 Å². The molecule has 0 bridgehead atoms. The van der Waals surface area contributed by atoms with E-state index >= 15 is 0 Å². The van der Waals surface area contributed by atoms with Crippen LogP contribution >= 0.6 is 23.5 Å². The van der Waals surface area contributed by atoms with Crippen molar-refractivity contribution < 1.29 is 4.79 Å². The van der Waals surface area contributed by atoms with Gasteiger partial charge in [-0.1, -0.05) is 50.5 Å². The van der Waals surface area contributed by atoms with Crippen molar-refractivity contribution in [2.24, 2.45) is 0 Å². The lowest BCUT2D eigenvalue weighted by atomic mass is 9.88. The number of aryl methyl sites for hydroxylation is 3. The Hall–Kier alpha value is -1.66. The van der Waals surface area contributed by atoms with Gasteiger partial charge in [0.05, 0.1) is 5.69 Å². The molecule has 1 aromatic carbocycles. The predicted octanol–water partition coefficient (Wildman–Crippen LogP) is 7.32. The first-order chi connectivity index (χ1) is 14.8. The molecule has 2 N–H and O–H groups in total. The SMILES string of the molecule is CCCCC(CC(C)c1cc(C)ccc1C)NC(=O)Nc1c(SC)cc(C)nc1SC. The van der Waals surface area contributed by atoms with Crippen molar-refractivity contribution in [2.45, 2.75) is 82.2 Å². The molecule has 6 heteroatoms. The zero-order chi connectivity index (χ0) is 23.0. The first-order valence-corrected chi connectivity index (χ1v) is 13.5. The molecule has 0 spiro atoms. The minimum atomic E-state index is -0.148. The van der Waals surface area contributed by atoms with Gasteiger partial charge >= 0.3 is 6.03 Å². The number of carbonyl (C=O) groups excluding carboxylic acids is 1. The van der Waals surface area contributed by atoms with Gasteiger partial charge in [-0.15, -0.1) is 23.5 Å². The zero-order valence-electron chi connectivity index (χ0n) is 20.0. The van der Waals surface area contributed by atoms with E-state index in [0.717, 1.165) is 47.0 Å². The average Bonchev–Trinajstić information content (AvgIpc) is 2.74. The minimum Gasteiger partial charge on any atom is -0.335 e. The standard InChI is InChI=1S/C25H37N3OS2/c1-8-9-10-20(14-18(4)21-13-16(2)11-12-17(21)3)27-25(29)28-23-22(30-6)15-19(5)26-24(23)31-7/h11-13,15,18,20H,8-10,14H2,1-7H3,(H2,27,28,29). The van der Waals surface area contributed by atoms with E-state index in [0.29, 0.717) is 5.92 Å². The maximum Gasteiger partial charge on any atom is 0.319 e. The van der Waals surface area contributed by atoms with Crippen molar-refractivity contribution in [3.05, 3.63) is 46.6 Å². The van der Waals surface area contributed by atoms with E-state index in [4.69, 9.17) is 0 Å². The van der Waals surface area contributed by atoms with Crippen LogP contribution in [-0.2, 0) is 0 Å².